The van der Waals surface area contributed by atoms with Crippen molar-refractivity contribution >= 4 is 33.9 Å². The summed E-state index contributed by atoms with van der Waals surface area (Å²) in [5, 5.41) is 4.34. The number of rotatable bonds is 3. The summed E-state index contributed by atoms with van der Waals surface area (Å²) in [5.41, 5.74) is 7.99. The molecule has 0 aliphatic carbocycles. The van der Waals surface area contributed by atoms with E-state index in [9.17, 15) is 8.78 Å². The lowest BCUT2D eigenvalue weighted by molar-refractivity contribution is 0.509. The zero-order valence-electron chi connectivity index (χ0n) is 11.9. The van der Waals surface area contributed by atoms with Gasteiger partial charge in [0.2, 0.25) is 0 Å². The highest BCUT2D eigenvalue weighted by Gasteiger charge is 2.04. The maximum Gasteiger partial charge on any atom is 0.160 e. The monoisotopic (exact) mass is 331 g/mol. The Bertz CT molecular complexity index is 909. The Kier molecular flexibility index (Phi) is 4.12. The molecule has 3 rings (SSSR count). The Morgan fingerprint density at radius 2 is 1.83 bits per heavy atom. The van der Waals surface area contributed by atoms with E-state index in [-0.39, 0.29) is 0 Å². The lowest BCUT2D eigenvalue weighted by Crippen LogP contribution is -2.03. The van der Waals surface area contributed by atoms with E-state index in [4.69, 9.17) is 17.3 Å². The van der Waals surface area contributed by atoms with Crippen LogP contribution in [-0.4, -0.2) is 4.98 Å². The highest BCUT2D eigenvalue weighted by Crippen LogP contribution is 2.20. The third-order valence-corrected chi connectivity index (χ3v) is 3.50. The second-order valence-corrected chi connectivity index (χ2v) is 5.34. The lowest BCUT2D eigenvalue weighted by atomic mass is 10.2. The highest BCUT2D eigenvalue weighted by molar-refractivity contribution is 6.31. The third kappa shape index (κ3) is 3.40. The summed E-state index contributed by atoms with van der Waals surface area (Å²) in [6.07, 6.45) is 1.48. The van der Waals surface area contributed by atoms with Crippen LogP contribution >= 0.6 is 11.6 Å². The van der Waals surface area contributed by atoms with Crippen LogP contribution in [0.15, 0.2) is 54.7 Å². The summed E-state index contributed by atoms with van der Waals surface area (Å²) in [5.74, 6) is -1.83. The van der Waals surface area contributed by atoms with Gasteiger partial charge in [-0.2, -0.15) is 0 Å². The molecule has 23 heavy (non-hydrogen) atoms. The summed E-state index contributed by atoms with van der Waals surface area (Å²) >= 11 is 5.96. The van der Waals surface area contributed by atoms with Gasteiger partial charge in [-0.15, -0.1) is 0 Å². The van der Waals surface area contributed by atoms with Crippen LogP contribution < -0.4 is 11.1 Å². The van der Waals surface area contributed by atoms with Gasteiger partial charge in [0.1, 0.15) is 0 Å². The smallest absolute Gasteiger partial charge is 0.160 e. The van der Waals surface area contributed by atoms with Crippen LogP contribution in [0.2, 0.25) is 5.02 Å². The quantitative estimate of drug-likeness (QED) is 0.741. The first-order valence-corrected chi connectivity index (χ1v) is 7.14. The molecule has 0 radical (unpaired) electrons. The van der Waals surface area contributed by atoms with Gasteiger partial charge in [0.25, 0.3) is 0 Å². The van der Waals surface area contributed by atoms with E-state index < -0.39 is 11.6 Å². The molecule has 0 atom stereocenters. The summed E-state index contributed by atoms with van der Waals surface area (Å²) in [6.45, 7) is 0. The van der Waals surface area contributed by atoms with Crippen molar-refractivity contribution < 1.29 is 8.78 Å². The fourth-order valence-corrected chi connectivity index (χ4v) is 2.24. The van der Waals surface area contributed by atoms with Gasteiger partial charge in [-0.1, -0.05) is 23.7 Å². The van der Waals surface area contributed by atoms with Crippen LogP contribution in [-0.2, 0) is 0 Å². The molecule has 0 spiro atoms. The second-order valence-electron chi connectivity index (χ2n) is 4.91. The molecule has 3 N–H and O–H groups in total. The van der Waals surface area contributed by atoms with Gasteiger partial charge in [-0.05, 0) is 30.3 Å². The minimum atomic E-state index is -0.930. The summed E-state index contributed by atoms with van der Waals surface area (Å²) < 4.78 is 26.0. The number of hydrogen-bond donors (Lipinski definition) is 2. The Labute approximate surface area is 136 Å². The van der Waals surface area contributed by atoms with E-state index in [2.05, 4.69) is 10.3 Å². The molecule has 0 unspecified atom stereocenters. The molecule has 1 aromatic heterocycles. The summed E-state index contributed by atoms with van der Waals surface area (Å²) in [6, 6.07) is 12.6. The molecule has 0 aliphatic rings. The van der Waals surface area contributed by atoms with Crippen molar-refractivity contribution in [1.82, 2.24) is 4.98 Å². The Balaban J connectivity index is 1.86. The second kappa shape index (κ2) is 6.22. The van der Waals surface area contributed by atoms with Crippen molar-refractivity contribution in [2.75, 3.05) is 5.32 Å². The lowest BCUT2D eigenvalue weighted by Gasteiger charge is -2.06. The van der Waals surface area contributed by atoms with Crippen molar-refractivity contribution in [2.24, 2.45) is 5.73 Å². The number of halogens is 3. The number of nitrogens with zero attached hydrogens (tertiary/aromatic N) is 1. The molecule has 1 heterocycles. The van der Waals surface area contributed by atoms with Crippen molar-refractivity contribution in [1.29, 1.82) is 0 Å². The van der Waals surface area contributed by atoms with Crippen molar-refractivity contribution in [3.05, 3.63) is 77.1 Å². The van der Waals surface area contributed by atoms with Gasteiger partial charge < -0.3 is 11.1 Å². The van der Waals surface area contributed by atoms with Crippen LogP contribution in [0.4, 0.5) is 14.5 Å². The molecule has 2 aromatic carbocycles. The average molecular weight is 332 g/mol. The minimum absolute atomic E-state index is 0.358. The van der Waals surface area contributed by atoms with E-state index in [0.29, 0.717) is 22.1 Å². The Hall–Kier alpha value is -2.66. The van der Waals surface area contributed by atoms with Gasteiger partial charge in [0.05, 0.1) is 16.9 Å². The fourth-order valence-electron chi connectivity index (χ4n) is 2.07. The van der Waals surface area contributed by atoms with E-state index in [1.165, 1.54) is 12.3 Å². The molecule has 116 valence electrons. The predicted octanol–water partition coefficient (Wildman–Crippen LogP) is 4.54. The highest BCUT2D eigenvalue weighted by atomic mass is 35.5. The first-order chi connectivity index (χ1) is 11.0. The predicted molar refractivity (Wildman–Crippen MR) is 88.9 cm³/mol. The third-order valence-electron chi connectivity index (χ3n) is 3.26. The molecular weight excluding hydrogens is 320 g/mol. The van der Waals surface area contributed by atoms with Gasteiger partial charge in [0, 0.05) is 28.4 Å². The maximum absolute atomic E-state index is 13.1. The van der Waals surface area contributed by atoms with Crippen molar-refractivity contribution in [3.63, 3.8) is 0 Å². The van der Waals surface area contributed by atoms with Crippen LogP contribution in [0, 0.1) is 11.6 Å². The topological polar surface area (TPSA) is 50.9 Å². The summed E-state index contributed by atoms with van der Waals surface area (Å²) in [7, 11) is 0. The van der Waals surface area contributed by atoms with Crippen LogP contribution in [0.25, 0.3) is 16.6 Å². The number of pyridine rings is 1. The van der Waals surface area contributed by atoms with Crippen LogP contribution in [0.3, 0.4) is 0 Å². The molecule has 3 nitrogen and oxygen atoms in total. The first-order valence-electron chi connectivity index (χ1n) is 6.77. The van der Waals surface area contributed by atoms with E-state index in [0.717, 1.165) is 23.0 Å². The largest absolute Gasteiger partial charge is 0.396 e. The number of fused-ring (bicyclic) bond motifs is 1. The normalized spacial score (nSPS) is 11.7. The van der Waals surface area contributed by atoms with E-state index >= 15 is 0 Å². The van der Waals surface area contributed by atoms with Gasteiger partial charge in [-0.25, -0.2) is 13.8 Å². The maximum atomic E-state index is 13.1. The molecule has 3 aromatic rings. The van der Waals surface area contributed by atoms with Crippen LogP contribution in [0.5, 0.6) is 0 Å². The number of anilines is 1. The SMILES string of the molecule is N/C(=C\Nc1ccc(F)c(F)c1)c1ccc2ccc(Cl)cc2n1. The Morgan fingerprint density at radius 3 is 2.61 bits per heavy atom. The summed E-state index contributed by atoms with van der Waals surface area (Å²) in [4.78, 5) is 4.43. The van der Waals surface area contributed by atoms with Crippen molar-refractivity contribution in [2.45, 2.75) is 0 Å². The van der Waals surface area contributed by atoms with Gasteiger partial charge in [0.15, 0.2) is 11.6 Å². The van der Waals surface area contributed by atoms with Crippen molar-refractivity contribution in [3.8, 4) is 0 Å². The molecule has 0 saturated carbocycles. The molecule has 0 amide bonds. The standard InChI is InChI=1S/C17H12ClF2N3/c18-11-3-1-10-2-6-16(23-17(10)7-11)15(21)9-22-12-4-5-13(19)14(20)8-12/h1-9,22H,21H2/b15-9-. The zero-order chi connectivity index (χ0) is 16.4. The number of nitrogens with two attached hydrogens (primary N) is 1. The van der Waals surface area contributed by atoms with E-state index in [1.807, 2.05) is 12.1 Å². The van der Waals surface area contributed by atoms with E-state index in [1.54, 1.807) is 18.2 Å². The molecule has 6 heteroatoms. The van der Waals surface area contributed by atoms with Gasteiger partial charge >= 0.3 is 0 Å². The van der Waals surface area contributed by atoms with Gasteiger partial charge in [-0.3, -0.25) is 0 Å². The number of aromatic nitrogens is 1. The van der Waals surface area contributed by atoms with Crippen LogP contribution in [0.1, 0.15) is 5.69 Å². The average Bonchev–Trinajstić information content (AvgIpc) is 2.55. The zero-order valence-corrected chi connectivity index (χ0v) is 12.6. The fraction of sp³-hybridized carbons (Fsp3) is 0. The number of benzene rings is 2. The number of nitrogens with one attached hydrogen (secondary N) is 1. The minimum Gasteiger partial charge on any atom is -0.396 e. The molecular formula is C17H12ClF2N3. The molecule has 0 fully saturated rings. The molecule has 0 bridgehead atoms. The Morgan fingerprint density at radius 1 is 1.04 bits per heavy atom. The molecule has 0 aliphatic heterocycles. The first kappa shape index (κ1) is 15.2. The number of hydrogen-bond acceptors (Lipinski definition) is 3. The molecule has 0 saturated heterocycles.